The highest BCUT2D eigenvalue weighted by Crippen LogP contribution is 2.24. The molecule has 1 amide bonds. The van der Waals surface area contributed by atoms with E-state index in [1.165, 1.54) is 38.5 Å². The average molecular weight is 448 g/mol. The Morgan fingerprint density at radius 3 is 2.44 bits per heavy atom. The summed E-state index contributed by atoms with van der Waals surface area (Å²) in [4.78, 5) is 17.6. The number of hydrogen-bond acceptors (Lipinski definition) is 5. The van der Waals surface area contributed by atoms with Gasteiger partial charge in [-0.05, 0) is 57.6 Å². The number of unbranched alkanes of at least 4 members (excludes halogenated alkanes) is 3. The molecule has 2 rings (SSSR count). The van der Waals surface area contributed by atoms with Gasteiger partial charge in [0.15, 0.2) is 0 Å². The third kappa shape index (κ3) is 10.2. The van der Waals surface area contributed by atoms with E-state index in [9.17, 15) is 4.79 Å². The second kappa shape index (κ2) is 15.9. The summed E-state index contributed by atoms with van der Waals surface area (Å²) in [5, 5.41) is 2.93. The molecule has 0 spiro atoms. The van der Waals surface area contributed by atoms with Gasteiger partial charge in [-0.2, -0.15) is 0 Å². The maximum atomic E-state index is 12.8. The highest BCUT2D eigenvalue weighted by molar-refractivity contribution is 5.86. The molecule has 6 nitrogen and oxygen atoms in total. The number of hydrogen-bond donors (Lipinski definition) is 1. The van der Waals surface area contributed by atoms with Gasteiger partial charge in [0.05, 0.1) is 12.3 Å². The van der Waals surface area contributed by atoms with Gasteiger partial charge in [-0.15, -0.1) is 0 Å². The van der Waals surface area contributed by atoms with E-state index in [0.717, 1.165) is 52.1 Å². The fourth-order valence-corrected chi connectivity index (χ4v) is 4.21. The zero-order chi connectivity index (χ0) is 23.0. The Bertz CT molecular complexity index is 628. The Morgan fingerprint density at radius 1 is 1.03 bits per heavy atom. The molecule has 6 heteroatoms. The molecule has 0 radical (unpaired) electrons. The molecule has 0 aromatic heterocycles. The molecule has 1 aromatic carbocycles. The lowest BCUT2D eigenvalue weighted by atomic mass is 10.2. The summed E-state index contributed by atoms with van der Waals surface area (Å²) < 4.78 is 11.9. The molecule has 0 aliphatic carbocycles. The molecule has 0 saturated carbocycles. The maximum absolute atomic E-state index is 12.8. The largest absolute Gasteiger partial charge is 0.491 e. The van der Waals surface area contributed by atoms with Crippen LogP contribution in [0.3, 0.4) is 0 Å². The molecule has 1 aliphatic rings. The van der Waals surface area contributed by atoms with Crippen LogP contribution in [0, 0.1) is 0 Å². The Labute approximate surface area is 195 Å². The first-order chi connectivity index (χ1) is 15.7. The third-order valence-corrected chi connectivity index (χ3v) is 6.17. The van der Waals surface area contributed by atoms with Gasteiger partial charge in [-0.3, -0.25) is 10.2 Å². The lowest BCUT2D eigenvalue weighted by Crippen LogP contribution is -2.43. The summed E-state index contributed by atoms with van der Waals surface area (Å²) in [6.07, 6.45) is 9.11. The van der Waals surface area contributed by atoms with Crippen LogP contribution in [0.2, 0.25) is 0 Å². The summed E-state index contributed by atoms with van der Waals surface area (Å²) in [7, 11) is 0. The first-order valence-electron chi connectivity index (χ1n) is 12.8. The number of benzene rings is 1. The van der Waals surface area contributed by atoms with Crippen molar-refractivity contribution in [1.82, 2.24) is 9.80 Å². The molecule has 1 saturated heterocycles. The molecule has 182 valence electrons. The number of para-hydroxylation sites is 2. The maximum Gasteiger partial charge on any atom is 0.412 e. The van der Waals surface area contributed by atoms with Gasteiger partial charge in [-0.1, -0.05) is 65.0 Å². The topological polar surface area (TPSA) is 54.0 Å². The minimum absolute atomic E-state index is 0.157. The number of rotatable bonds is 14. The van der Waals surface area contributed by atoms with Crippen molar-refractivity contribution in [2.45, 2.75) is 78.2 Å². The van der Waals surface area contributed by atoms with E-state index in [1.807, 2.05) is 24.3 Å². The Hall–Kier alpha value is -1.79. The van der Waals surface area contributed by atoms with Gasteiger partial charge in [0.1, 0.15) is 11.9 Å². The quantitative estimate of drug-likeness (QED) is 0.366. The molecule has 1 N–H and O–H groups in total. The number of nitrogens with one attached hydrogen (secondary N) is 1. The van der Waals surface area contributed by atoms with Crippen molar-refractivity contribution in [2.75, 3.05) is 51.2 Å². The molecule has 32 heavy (non-hydrogen) atoms. The molecular weight excluding hydrogens is 402 g/mol. The average Bonchev–Trinajstić information content (AvgIpc) is 3.06. The normalized spacial score (nSPS) is 15.9. The Kier molecular flexibility index (Phi) is 13.2. The lowest BCUT2D eigenvalue weighted by Gasteiger charge is -2.30. The smallest absolute Gasteiger partial charge is 0.412 e. The number of carbonyl (C=O) groups excluding carboxylic acids is 1. The van der Waals surface area contributed by atoms with Crippen LogP contribution in [0.25, 0.3) is 0 Å². The number of likely N-dealkylation sites (N-methyl/N-ethyl adjacent to an activating group) is 1. The number of nitrogens with zero attached hydrogens (tertiary/aromatic N) is 2. The Morgan fingerprint density at radius 2 is 1.75 bits per heavy atom. The predicted octanol–water partition coefficient (Wildman–Crippen LogP) is 5.78. The SMILES string of the molecule is CCCCCCOc1ccccc1NC(=O)OC(CN(CC)CC)CN1CCCCCC1. The van der Waals surface area contributed by atoms with E-state index in [1.54, 1.807) is 0 Å². The van der Waals surface area contributed by atoms with Crippen LogP contribution >= 0.6 is 0 Å². The van der Waals surface area contributed by atoms with Crippen molar-refractivity contribution in [3.05, 3.63) is 24.3 Å². The highest BCUT2D eigenvalue weighted by atomic mass is 16.6. The van der Waals surface area contributed by atoms with E-state index in [4.69, 9.17) is 9.47 Å². The predicted molar refractivity (Wildman–Crippen MR) is 133 cm³/mol. The number of likely N-dealkylation sites (tertiary alicyclic amines) is 1. The van der Waals surface area contributed by atoms with Crippen LogP contribution < -0.4 is 10.1 Å². The van der Waals surface area contributed by atoms with Crippen molar-refractivity contribution >= 4 is 11.8 Å². The first kappa shape index (κ1) is 26.5. The molecule has 1 aromatic rings. The molecule has 1 unspecified atom stereocenters. The van der Waals surface area contributed by atoms with Gasteiger partial charge in [-0.25, -0.2) is 4.79 Å². The van der Waals surface area contributed by atoms with E-state index in [2.05, 4.69) is 35.9 Å². The fourth-order valence-electron chi connectivity index (χ4n) is 4.21. The molecule has 1 heterocycles. The number of anilines is 1. The molecule has 1 aliphatic heterocycles. The van der Waals surface area contributed by atoms with Crippen LogP contribution in [-0.4, -0.2) is 67.9 Å². The third-order valence-electron chi connectivity index (χ3n) is 6.17. The first-order valence-corrected chi connectivity index (χ1v) is 12.8. The van der Waals surface area contributed by atoms with Crippen LogP contribution in [0.1, 0.15) is 72.1 Å². The van der Waals surface area contributed by atoms with Gasteiger partial charge in [0, 0.05) is 13.1 Å². The molecule has 1 atom stereocenters. The van der Waals surface area contributed by atoms with E-state index in [-0.39, 0.29) is 6.10 Å². The van der Waals surface area contributed by atoms with Gasteiger partial charge in [0.25, 0.3) is 0 Å². The van der Waals surface area contributed by atoms with Crippen molar-refractivity contribution in [3.63, 3.8) is 0 Å². The van der Waals surface area contributed by atoms with Crippen molar-refractivity contribution in [1.29, 1.82) is 0 Å². The van der Waals surface area contributed by atoms with E-state index >= 15 is 0 Å². The van der Waals surface area contributed by atoms with Crippen LogP contribution in [0.5, 0.6) is 5.75 Å². The number of ether oxygens (including phenoxy) is 2. The summed E-state index contributed by atoms with van der Waals surface area (Å²) in [6, 6.07) is 7.61. The lowest BCUT2D eigenvalue weighted by molar-refractivity contribution is 0.0558. The highest BCUT2D eigenvalue weighted by Gasteiger charge is 2.22. The minimum atomic E-state index is -0.404. The summed E-state index contributed by atoms with van der Waals surface area (Å²) in [6.45, 7) is 12.8. The van der Waals surface area contributed by atoms with Crippen LogP contribution in [0.4, 0.5) is 10.5 Å². The number of amides is 1. The second-order valence-corrected chi connectivity index (χ2v) is 8.76. The van der Waals surface area contributed by atoms with Crippen molar-refractivity contribution in [2.24, 2.45) is 0 Å². The zero-order valence-corrected chi connectivity index (χ0v) is 20.6. The van der Waals surface area contributed by atoms with Gasteiger partial charge < -0.3 is 14.4 Å². The van der Waals surface area contributed by atoms with E-state index < -0.39 is 6.09 Å². The van der Waals surface area contributed by atoms with Crippen LogP contribution in [-0.2, 0) is 4.74 Å². The van der Waals surface area contributed by atoms with Gasteiger partial charge in [0.2, 0.25) is 0 Å². The summed E-state index contributed by atoms with van der Waals surface area (Å²) in [5.41, 5.74) is 0.671. The number of carbonyl (C=O) groups is 1. The Balaban J connectivity index is 1.94. The van der Waals surface area contributed by atoms with Crippen molar-refractivity contribution in [3.8, 4) is 5.75 Å². The van der Waals surface area contributed by atoms with E-state index in [0.29, 0.717) is 18.0 Å². The van der Waals surface area contributed by atoms with Crippen molar-refractivity contribution < 1.29 is 14.3 Å². The van der Waals surface area contributed by atoms with Crippen LogP contribution in [0.15, 0.2) is 24.3 Å². The second-order valence-electron chi connectivity index (χ2n) is 8.76. The minimum Gasteiger partial charge on any atom is -0.491 e. The monoisotopic (exact) mass is 447 g/mol. The summed E-state index contributed by atoms with van der Waals surface area (Å²) >= 11 is 0. The zero-order valence-electron chi connectivity index (χ0n) is 20.6. The molecule has 0 bridgehead atoms. The van der Waals surface area contributed by atoms with Gasteiger partial charge >= 0.3 is 6.09 Å². The molecular formula is C26H45N3O3. The standard InChI is InChI=1S/C26H45N3O3/c1-4-7-8-15-20-31-25-17-12-11-16-24(25)27-26(30)32-23(21-28(5-2)6-3)22-29-18-13-9-10-14-19-29/h11-12,16-17,23H,4-10,13-15,18-22H2,1-3H3,(H,27,30). The summed E-state index contributed by atoms with van der Waals surface area (Å²) in [5.74, 6) is 0.703. The molecule has 1 fully saturated rings. The fraction of sp³-hybridized carbons (Fsp3) is 0.731.